The van der Waals surface area contributed by atoms with Gasteiger partial charge in [0.15, 0.2) is 11.6 Å². The Morgan fingerprint density at radius 1 is 1.24 bits per heavy atom. The molecule has 21 heavy (non-hydrogen) atoms. The quantitative estimate of drug-likeness (QED) is 0.760. The Balaban J connectivity index is 2.05. The van der Waals surface area contributed by atoms with Gasteiger partial charge in [-0.3, -0.25) is 4.99 Å². The van der Waals surface area contributed by atoms with Gasteiger partial charge in [0, 0.05) is 12.1 Å². The average Bonchev–Trinajstić information content (AvgIpc) is 2.79. The van der Waals surface area contributed by atoms with Gasteiger partial charge in [-0.05, 0) is 19.1 Å². The van der Waals surface area contributed by atoms with Gasteiger partial charge >= 0.3 is 6.18 Å². The van der Waals surface area contributed by atoms with Crippen LogP contribution in [0.15, 0.2) is 23.2 Å². The maximum Gasteiger partial charge on any atom is 0.419 e. The van der Waals surface area contributed by atoms with E-state index in [0.717, 1.165) is 6.07 Å². The molecular formula is C13H10F4N4. The molecule has 110 valence electrons. The third kappa shape index (κ3) is 2.41. The topological polar surface area (TPSA) is 43.1 Å². The third-order valence-corrected chi connectivity index (χ3v) is 3.20. The van der Waals surface area contributed by atoms with Crippen LogP contribution in [0.5, 0.6) is 0 Å². The minimum atomic E-state index is -4.71. The second kappa shape index (κ2) is 4.64. The number of hydrogen-bond donors (Lipinski definition) is 0. The second-order valence-electron chi connectivity index (χ2n) is 4.81. The zero-order chi connectivity index (χ0) is 15.2. The van der Waals surface area contributed by atoms with Crippen molar-refractivity contribution >= 4 is 6.21 Å². The Morgan fingerprint density at radius 2 is 2.00 bits per heavy atom. The molecule has 0 spiro atoms. The van der Waals surface area contributed by atoms with Crippen molar-refractivity contribution in [1.29, 1.82) is 0 Å². The lowest BCUT2D eigenvalue weighted by atomic mass is 10.1. The lowest BCUT2D eigenvalue weighted by Gasteiger charge is -2.16. The molecule has 0 radical (unpaired) electrons. The Kier molecular flexibility index (Phi) is 3.03. The van der Waals surface area contributed by atoms with Crippen molar-refractivity contribution < 1.29 is 17.6 Å². The van der Waals surface area contributed by atoms with Crippen LogP contribution in [-0.2, 0) is 12.7 Å². The number of aliphatic imine (C=N–C) groups is 1. The fourth-order valence-corrected chi connectivity index (χ4v) is 2.19. The maximum absolute atomic E-state index is 13.6. The summed E-state index contributed by atoms with van der Waals surface area (Å²) in [4.78, 5) is 4.17. The summed E-state index contributed by atoms with van der Waals surface area (Å²) in [5, 5.41) is 7.80. The standard InChI is InChI=1S/C13H10F4N4/c1-7-6-21-11(5-18-7)19-20-12(21)8-2-3-9(10(14)4-8)13(15,16)17/h2-5,7H,6H2,1H3. The number of nitrogens with zero attached hydrogens (tertiary/aromatic N) is 4. The molecule has 2 aromatic rings. The van der Waals surface area contributed by atoms with Crippen LogP contribution in [-0.4, -0.2) is 27.0 Å². The highest BCUT2D eigenvalue weighted by Gasteiger charge is 2.34. The summed E-state index contributed by atoms with van der Waals surface area (Å²) in [5.74, 6) is -0.492. The molecule has 1 unspecified atom stereocenters. The van der Waals surface area contributed by atoms with E-state index in [4.69, 9.17) is 0 Å². The molecule has 0 saturated heterocycles. The lowest BCUT2D eigenvalue weighted by molar-refractivity contribution is -0.139. The molecule has 1 aliphatic rings. The summed E-state index contributed by atoms with van der Waals surface area (Å²) in [7, 11) is 0. The van der Waals surface area contributed by atoms with Gasteiger partial charge in [-0.1, -0.05) is 6.07 Å². The molecule has 1 aromatic carbocycles. The van der Waals surface area contributed by atoms with Crippen molar-refractivity contribution in [3.8, 4) is 11.4 Å². The normalized spacial score (nSPS) is 17.9. The van der Waals surface area contributed by atoms with Crippen LogP contribution in [0.3, 0.4) is 0 Å². The van der Waals surface area contributed by atoms with E-state index >= 15 is 0 Å². The van der Waals surface area contributed by atoms with Crippen molar-refractivity contribution in [3.63, 3.8) is 0 Å². The van der Waals surface area contributed by atoms with E-state index in [0.29, 0.717) is 24.3 Å². The van der Waals surface area contributed by atoms with Gasteiger partial charge in [0.1, 0.15) is 5.82 Å². The third-order valence-electron chi connectivity index (χ3n) is 3.20. The molecule has 3 rings (SSSR count). The lowest BCUT2D eigenvalue weighted by Crippen LogP contribution is -2.19. The molecule has 0 saturated carbocycles. The summed E-state index contributed by atoms with van der Waals surface area (Å²) in [6.45, 7) is 2.38. The first kappa shape index (κ1) is 13.7. The van der Waals surface area contributed by atoms with E-state index in [9.17, 15) is 17.6 Å². The van der Waals surface area contributed by atoms with E-state index in [1.807, 2.05) is 6.92 Å². The molecule has 0 bridgehead atoms. The largest absolute Gasteiger partial charge is 0.419 e. The zero-order valence-electron chi connectivity index (χ0n) is 10.9. The summed E-state index contributed by atoms with van der Waals surface area (Å²) >= 11 is 0. The Morgan fingerprint density at radius 3 is 2.67 bits per heavy atom. The first-order valence-corrected chi connectivity index (χ1v) is 6.20. The fourth-order valence-electron chi connectivity index (χ4n) is 2.19. The molecule has 0 amide bonds. The highest BCUT2D eigenvalue weighted by molar-refractivity contribution is 5.77. The number of aromatic nitrogens is 3. The van der Waals surface area contributed by atoms with Crippen LogP contribution in [0.2, 0.25) is 0 Å². The molecule has 2 heterocycles. The summed E-state index contributed by atoms with van der Waals surface area (Å²) in [5.41, 5.74) is -1.04. The average molecular weight is 298 g/mol. The highest BCUT2D eigenvalue weighted by atomic mass is 19.4. The van der Waals surface area contributed by atoms with E-state index < -0.39 is 17.6 Å². The SMILES string of the molecule is CC1Cn2c(nnc2-c2ccc(C(F)(F)F)c(F)c2)C=N1. The van der Waals surface area contributed by atoms with E-state index in [2.05, 4.69) is 15.2 Å². The van der Waals surface area contributed by atoms with Crippen LogP contribution in [0.1, 0.15) is 18.3 Å². The van der Waals surface area contributed by atoms with Crippen LogP contribution < -0.4 is 0 Å². The van der Waals surface area contributed by atoms with Gasteiger partial charge in [0.2, 0.25) is 0 Å². The Bertz CT molecular complexity index is 717. The number of benzene rings is 1. The van der Waals surface area contributed by atoms with E-state index in [1.165, 1.54) is 6.07 Å². The maximum atomic E-state index is 13.6. The van der Waals surface area contributed by atoms with Gasteiger partial charge in [-0.25, -0.2) is 4.39 Å². The number of halogens is 4. The van der Waals surface area contributed by atoms with Crippen molar-refractivity contribution in [2.75, 3.05) is 0 Å². The minimum Gasteiger partial charge on any atom is -0.304 e. The zero-order valence-corrected chi connectivity index (χ0v) is 10.9. The molecule has 4 nitrogen and oxygen atoms in total. The fraction of sp³-hybridized carbons (Fsp3) is 0.308. The predicted molar refractivity (Wildman–Crippen MR) is 67.5 cm³/mol. The molecule has 1 aliphatic heterocycles. The second-order valence-corrected chi connectivity index (χ2v) is 4.81. The van der Waals surface area contributed by atoms with Crippen molar-refractivity contribution in [3.05, 3.63) is 35.4 Å². The van der Waals surface area contributed by atoms with Crippen LogP contribution >= 0.6 is 0 Å². The Labute approximate surface area is 117 Å². The van der Waals surface area contributed by atoms with Gasteiger partial charge < -0.3 is 4.57 Å². The van der Waals surface area contributed by atoms with Crippen LogP contribution in [0.25, 0.3) is 11.4 Å². The molecule has 1 atom stereocenters. The summed E-state index contributed by atoms with van der Waals surface area (Å²) in [6, 6.07) is 2.74. The minimum absolute atomic E-state index is 0.00606. The highest BCUT2D eigenvalue weighted by Crippen LogP contribution is 2.33. The molecular weight excluding hydrogens is 288 g/mol. The Hall–Kier alpha value is -2.25. The molecule has 8 heteroatoms. The van der Waals surface area contributed by atoms with Crippen molar-refractivity contribution in [2.45, 2.75) is 25.7 Å². The first-order valence-electron chi connectivity index (χ1n) is 6.20. The smallest absolute Gasteiger partial charge is 0.304 e. The number of alkyl halides is 3. The predicted octanol–water partition coefficient (Wildman–Crippen LogP) is 2.92. The van der Waals surface area contributed by atoms with Gasteiger partial charge in [0.05, 0.1) is 17.8 Å². The van der Waals surface area contributed by atoms with Crippen LogP contribution in [0, 0.1) is 5.82 Å². The van der Waals surface area contributed by atoms with E-state index in [1.54, 1.807) is 10.8 Å². The van der Waals surface area contributed by atoms with Gasteiger partial charge in [-0.2, -0.15) is 13.2 Å². The number of rotatable bonds is 1. The first-order chi connectivity index (χ1) is 9.86. The molecule has 0 N–H and O–H groups in total. The number of fused-ring (bicyclic) bond motifs is 1. The van der Waals surface area contributed by atoms with E-state index in [-0.39, 0.29) is 11.6 Å². The number of hydrogen-bond acceptors (Lipinski definition) is 3. The monoisotopic (exact) mass is 298 g/mol. The molecule has 0 fully saturated rings. The molecule has 1 aromatic heterocycles. The van der Waals surface area contributed by atoms with Crippen LogP contribution in [0.4, 0.5) is 17.6 Å². The van der Waals surface area contributed by atoms with Crippen molar-refractivity contribution in [1.82, 2.24) is 14.8 Å². The van der Waals surface area contributed by atoms with Gasteiger partial charge in [-0.15, -0.1) is 10.2 Å². The summed E-state index contributed by atoms with van der Waals surface area (Å²) in [6.07, 6.45) is -3.17. The summed E-state index contributed by atoms with van der Waals surface area (Å²) < 4.78 is 53.0. The molecule has 0 aliphatic carbocycles. The van der Waals surface area contributed by atoms with Gasteiger partial charge in [0.25, 0.3) is 0 Å². The van der Waals surface area contributed by atoms with Crippen molar-refractivity contribution in [2.24, 2.45) is 4.99 Å².